The number of hydrogen-bond donors (Lipinski definition) is 1. The van der Waals surface area contributed by atoms with Crippen LogP contribution in [-0.2, 0) is 9.59 Å². The van der Waals surface area contributed by atoms with E-state index in [0.717, 1.165) is 15.1 Å². The maximum absolute atomic E-state index is 12.3. The summed E-state index contributed by atoms with van der Waals surface area (Å²) in [5.74, 6) is -1.27. The Balaban J connectivity index is 2.13. The fraction of sp³-hybridized carbons (Fsp3) is 0.500. The Morgan fingerprint density at radius 3 is 2.83 bits per heavy atom. The van der Waals surface area contributed by atoms with Gasteiger partial charge in [0.1, 0.15) is 6.04 Å². The minimum absolute atomic E-state index is 0.0887. The molecule has 1 aromatic rings. The Bertz CT molecular complexity index is 474. The van der Waals surface area contributed by atoms with Crippen molar-refractivity contribution in [2.45, 2.75) is 31.7 Å². The number of carboxylic acids is 1. The summed E-state index contributed by atoms with van der Waals surface area (Å²) in [6.45, 7) is 2.38. The first-order valence-corrected chi connectivity index (χ1v) is 7.40. The molecule has 0 saturated carbocycles. The van der Waals surface area contributed by atoms with Gasteiger partial charge in [-0.05, 0) is 47.8 Å². The fourth-order valence-corrected chi connectivity index (χ4v) is 3.69. The van der Waals surface area contributed by atoms with Gasteiger partial charge >= 0.3 is 5.97 Å². The van der Waals surface area contributed by atoms with Crippen molar-refractivity contribution in [1.29, 1.82) is 0 Å². The number of carbonyl (C=O) groups is 2. The minimum atomic E-state index is -0.902. The molecule has 1 aromatic heterocycles. The van der Waals surface area contributed by atoms with E-state index in [-0.39, 0.29) is 11.8 Å². The highest BCUT2D eigenvalue weighted by atomic mass is 79.9. The van der Waals surface area contributed by atoms with Crippen LogP contribution in [0.5, 0.6) is 0 Å². The van der Waals surface area contributed by atoms with Crippen molar-refractivity contribution in [3.63, 3.8) is 0 Å². The van der Waals surface area contributed by atoms with Crippen LogP contribution in [0.3, 0.4) is 0 Å². The zero-order valence-corrected chi connectivity index (χ0v) is 12.3. The third kappa shape index (κ3) is 2.59. The number of hydrogen-bond acceptors (Lipinski definition) is 3. The van der Waals surface area contributed by atoms with Crippen molar-refractivity contribution in [3.8, 4) is 0 Å². The zero-order valence-electron chi connectivity index (χ0n) is 9.93. The second-order valence-electron chi connectivity index (χ2n) is 4.39. The Labute approximate surface area is 118 Å². The van der Waals surface area contributed by atoms with Crippen LogP contribution in [0, 0.1) is 0 Å². The maximum Gasteiger partial charge on any atom is 0.326 e. The van der Waals surface area contributed by atoms with E-state index in [1.807, 2.05) is 19.1 Å². The molecular weight excluding hydrogens is 318 g/mol. The second kappa shape index (κ2) is 5.40. The Morgan fingerprint density at radius 1 is 1.56 bits per heavy atom. The van der Waals surface area contributed by atoms with Gasteiger partial charge in [0.05, 0.1) is 9.70 Å². The molecule has 1 fully saturated rings. The van der Waals surface area contributed by atoms with Gasteiger partial charge in [0.15, 0.2) is 0 Å². The quantitative estimate of drug-likeness (QED) is 0.926. The van der Waals surface area contributed by atoms with Crippen molar-refractivity contribution < 1.29 is 14.7 Å². The molecule has 2 heterocycles. The summed E-state index contributed by atoms with van der Waals surface area (Å²) in [6.07, 6.45) is 1.32. The number of thiophene rings is 1. The highest BCUT2D eigenvalue weighted by Gasteiger charge is 2.36. The zero-order chi connectivity index (χ0) is 13.3. The predicted molar refractivity (Wildman–Crippen MR) is 72.8 cm³/mol. The van der Waals surface area contributed by atoms with Gasteiger partial charge in [0.2, 0.25) is 5.91 Å². The summed E-state index contributed by atoms with van der Waals surface area (Å²) in [5, 5.41) is 9.09. The SMILES string of the molecule is CC(C(=O)N1CCC[C@H]1C(=O)O)c1ccc(Br)s1. The number of rotatable bonds is 3. The number of carboxylic acid groups (broad SMARTS) is 1. The number of carbonyl (C=O) groups excluding carboxylic acids is 1. The van der Waals surface area contributed by atoms with Crippen LogP contribution < -0.4 is 0 Å². The summed E-state index contributed by atoms with van der Waals surface area (Å²) in [6, 6.07) is 3.16. The molecule has 18 heavy (non-hydrogen) atoms. The van der Waals surface area contributed by atoms with Crippen LogP contribution in [0.25, 0.3) is 0 Å². The fourth-order valence-electron chi connectivity index (χ4n) is 2.22. The molecule has 98 valence electrons. The van der Waals surface area contributed by atoms with Crippen molar-refractivity contribution in [1.82, 2.24) is 4.90 Å². The molecule has 0 radical (unpaired) electrons. The highest BCUT2D eigenvalue weighted by molar-refractivity contribution is 9.11. The molecule has 1 saturated heterocycles. The molecule has 0 spiro atoms. The van der Waals surface area contributed by atoms with Gasteiger partial charge in [0, 0.05) is 11.4 Å². The first-order chi connectivity index (χ1) is 8.50. The molecule has 1 N–H and O–H groups in total. The average Bonchev–Trinajstić information content (AvgIpc) is 2.95. The molecule has 2 rings (SSSR count). The van der Waals surface area contributed by atoms with E-state index < -0.39 is 12.0 Å². The summed E-state index contributed by atoms with van der Waals surface area (Å²) < 4.78 is 0.980. The number of aliphatic carboxylic acids is 1. The summed E-state index contributed by atoms with van der Waals surface area (Å²) in [7, 11) is 0. The lowest BCUT2D eigenvalue weighted by atomic mass is 10.1. The van der Waals surface area contributed by atoms with E-state index in [1.165, 1.54) is 16.2 Å². The first-order valence-electron chi connectivity index (χ1n) is 5.79. The number of nitrogens with zero attached hydrogens (tertiary/aromatic N) is 1. The van der Waals surface area contributed by atoms with Gasteiger partial charge in [-0.1, -0.05) is 0 Å². The van der Waals surface area contributed by atoms with Gasteiger partial charge in [0.25, 0.3) is 0 Å². The molecule has 1 aliphatic rings. The lowest BCUT2D eigenvalue weighted by Crippen LogP contribution is -2.42. The molecule has 2 atom stereocenters. The van der Waals surface area contributed by atoms with Gasteiger partial charge in [-0.2, -0.15) is 0 Å². The van der Waals surface area contributed by atoms with Crippen LogP contribution in [0.15, 0.2) is 15.9 Å². The summed E-state index contributed by atoms with van der Waals surface area (Å²) in [4.78, 5) is 25.9. The van der Waals surface area contributed by atoms with E-state index in [9.17, 15) is 9.59 Å². The van der Waals surface area contributed by atoms with Crippen LogP contribution in [0.4, 0.5) is 0 Å². The van der Waals surface area contributed by atoms with Gasteiger partial charge in [-0.25, -0.2) is 4.79 Å². The van der Waals surface area contributed by atoms with Gasteiger partial charge in [-0.3, -0.25) is 4.79 Å². The normalized spacial score (nSPS) is 21.0. The maximum atomic E-state index is 12.3. The Kier molecular flexibility index (Phi) is 4.07. The number of amides is 1. The molecule has 1 aliphatic heterocycles. The molecule has 0 aliphatic carbocycles. The standard InChI is InChI=1S/C12H14BrNO3S/c1-7(9-4-5-10(13)18-9)11(15)14-6-2-3-8(14)12(16)17/h4-5,7-8H,2-3,6H2,1H3,(H,16,17)/t7?,8-/m0/s1. The average molecular weight is 332 g/mol. The van der Waals surface area contributed by atoms with Gasteiger partial charge < -0.3 is 10.0 Å². The van der Waals surface area contributed by atoms with Crippen LogP contribution >= 0.6 is 27.3 Å². The summed E-state index contributed by atoms with van der Waals surface area (Å²) in [5.41, 5.74) is 0. The third-order valence-corrected chi connectivity index (χ3v) is 5.02. The van der Waals surface area contributed by atoms with Crippen LogP contribution in [0.2, 0.25) is 0 Å². The van der Waals surface area contributed by atoms with Crippen LogP contribution in [-0.4, -0.2) is 34.5 Å². The molecule has 6 heteroatoms. The number of halogens is 1. The van der Waals surface area contributed by atoms with E-state index in [0.29, 0.717) is 13.0 Å². The monoisotopic (exact) mass is 331 g/mol. The molecule has 0 bridgehead atoms. The van der Waals surface area contributed by atoms with Crippen molar-refractivity contribution in [2.24, 2.45) is 0 Å². The Morgan fingerprint density at radius 2 is 2.28 bits per heavy atom. The molecule has 0 aromatic carbocycles. The summed E-state index contributed by atoms with van der Waals surface area (Å²) >= 11 is 4.88. The molecule has 4 nitrogen and oxygen atoms in total. The predicted octanol–water partition coefficient (Wildman–Crippen LogP) is 2.69. The van der Waals surface area contributed by atoms with E-state index in [4.69, 9.17) is 5.11 Å². The Hall–Kier alpha value is -0.880. The van der Waals surface area contributed by atoms with Crippen molar-refractivity contribution in [3.05, 3.63) is 20.8 Å². The van der Waals surface area contributed by atoms with E-state index in [1.54, 1.807) is 0 Å². The molecule has 1 amide bonds. The largest absolute Gasteiger partial charge is 0.480 e. The van der Waals surface area contributed by atoms with E-state index in [2.05, 4.69) is 15.9 Å². The van der Waals surface area contributed by atoms with Crippen molar-refractivity contribution >= 4 is 39.1 Å². The lowest BCUT2D eigenvalue weighted by Gasteiger charge is -2.24. The molecule has 1 unspecified atom stereocenters. The van der Waals surface area contributed by atoms with Crippen LogP contribution in [0.1, 0.15) is 30.6 Å². The smallest absolute Gasteiger partial charge is 0.326 e. The molecular formula is C12H14BrNO3S. The van der Waals surface area contributed by atoms with Gasteiger partial charge in [-0.15, -0.1) is 11.3 Å². The highest BCUT2D eigenvalue weighted by Crippen LogP contribution is 2.31. The third-order valence-electron chi connectivity index (χ3n) is 3.21. The topological polar surface area (TPSA) is 57.6 Å². The van der Waals surface area contributed by atoms with E-state index >= 15 is 0 Å². The minimum Gasteiger partial charge on any atom is -0.480 e. The first kappa shape index (κ1) is 13.5. The van der Waals surface area contributed by atoms with Crippen molar-refractivity contribution in [2.75, 3.05) is 6.54 Å². The second-order valence-corrected chi connectivity index (χ2v) is 6.89. The lowest BCUT2D eigenvalue weighted by molar-refractivity contribution is -0.148. The number of likely N-dealkylation sites (tertiary alicyclic amines) is 1.